The zero-order valence-electron chi connectivity index (χ0n) is 12.4. The highest BCUT2D eigenvalue weighted by Gasteiger charge is 2.39. The molecule has 1 rings (SSSR count). The first kappa shape index (κ1) is 14.5. The third kappa shape index (κ3) is 3.43. The van der Waals surface area contributed by atoms with Crippen molar-refractivity contribution in [3.05, 3.63) is 35.9 Å². The summed E-state index contributed by atoms with van der Waals surface area (Å²) in [5.74, 6) is 0. The van der Waals surface area contributed by atoms with Gasteiger partial charge in [-0.05, 0) is 24.4 Å². The summed E-state index contributed by atoms with van der Waals surface area (Å²) in [6, 6.07) is 10.7. The lowest BCUT2D eigenvalue weighted by molar-refractivity contribution is 0.471. The highest BCUT2D eigenvalue weighted by atomic mass is 28.3. The van der Waals surface area contributed by atoms with Crippen molar-refractivity contribution in [3.63, 3.8) is 0 Å². The summed E-state index contributed by atoms with van der Waals surface area (Å²) in [7, 11) is -1.47. The van der Waals surface area contributed by atoms with Crippen LogP contribution in [0.4, 0.5) is 0 Å². The fourth-order valence-corrected chi connectivity index (χ4v) is 3.98. The minimum absolute atomic E-state index is 0.0459. The Hall–Kier alpha value is -0.603. The maximum Gasteiger partial charge on any atom is 0.125 e. The molecule has 0 heterocycles. The van der Waals surface area contributed by atoms with Gasteiger partial charge in [-0.1, -0.05) is 64.2 Å². The molecule has 0 atom stereocenters. The molecule has 0 fully saturated rings. The molecule has 1 aromatic rings. The van der Waals surface area contributed by atoms with E-state index < -0.39 is 8.24 Å². The van der Waals surface area contributed by atoms with E-state index in [0.717, 1.165) is 0 Å². The molecule has 1 nitrogen and oxygen atoms in total. The van der Waals surface area contributed by atoms with Crippen molar-refractivity contribution in [1.29, 1.82) is 0 Å². The van der Waals surface area contributed by atoms with Crippen LogP contribution in [-0.4, -0.2) is 8.24 Å². The molecule has 0 bridgehead atoms. The van der Waals surface area contributed by atoms with Crippen LogP contribution in [0.25, 0.3) is 0 Å². The smallest absolute Gasteiger partial charge is 0.125 e. The van der Waals surface area contributed by atoms with Crippen LogP contribution in [0.15, 0.2) is 30.3 Å². The summed E-state index contributed by atoms with van der Waals surface area (Å²) in [6.07, 6.45) is 0. The zero-order valence-corrected chi connectivity index (χ0v) is 13.4. The minimum atomic E-state index is -1.47. The number of hydrogen-bond acceptors (Lipinski definition) is 1. The predicted octanol–water partition coefficient (Wildman–Crippen LogP) is 4.52. The molecule has 0 spiro atoms. The van der Waals surface area contributed by atoms with E-state index in [1.165, 1.54) is 5.56 Å². The monoisotopic (exact) mass is 249 g/mol. The molecule has 0 aliphatic rings. The van der Waals surface area contributed by atoms with E-state index in [1.54, 1.807) is 0 Å². The van der Waals surface area contributed by atoms with Gasteiger partial charge in [0.1, 0.15) is 8.24 Å². The van der Waals surface area contributed by atoms with E-state index >= 15 is 0 Å². The topological polar surface area (TPSA) is 12.0 Å². The number of hydrogen-bond donors (Lipinski definition) is 1. The van der Waals surface area contributed by atoms with Gasteiger partial charge in [-0.15, -0.1) is 0 Å². The van der Waals surface area contributed by atoms with Crippen molar-refractivity contribution >= 4 is 8.24 Å². The lowest BCUT2D eigenvalue weighted by Gasteiger charge is -2.44. The molecule has 96 valence electrons. The SMILES string of the molecule is CC(C)(N[Si](C)(C)C(C)(C)C)c1ccccc1. The first-order valence-electron chi connectivity index (χ1n) is 6.41. The largest absolute Gasteiger partial charge is 0.328 e. The molecule has 0 aromatic heterocycles. The van der Waals surface area contributed by atoms with Crippen LogP contribution in [0.1, 0.15) is 40.2 Å². The first-order valence-corrected chi connectivity index (χ1v) is 9.41. The van der Waals surface area contributed by atoms with Gasteiger partial charge in [0, 0.05) is 5.54 Å². The van der Waals surface area contributed by atoms with Crippen LogP contribution in [0.3, 0.4) is 0 Å². The molecule has 0 amide bonds. The number of nitrogens with one attached hydrogen (secondary N) is 1. The molecule has 2 heteroatoms. The van der Waals surface area contributed by atoms with Crippen molar-refractivity contribution in [1.82, 2.24) is 4.98 Å². The number of benzene rings is 1. The molecular formula is C15H27NSi. The Labute approximate surface area is 108 Å². The molecular weight excluding hydrogens is 222 g/mol. The Kier molecular flexibility index (Phi) is 3.90. The quantitative estimate of drug-likeness (QED) is 0.777. The molecule has 0 saturated heterocycles. The second-order valence-electron chi connectivity index (χ2n) is 6.99. The molecule has 0 aliphatic heterocycles. The van der Waals surface area contributed by atoms with Gasteiger partial charge in [0.25, 0.3) is 0 Å². The molecule has 0 unspecified atom stereocenters. The minimum Gasteiger partial charge on any atom is -0.328 e. The summed E-state index contributed by atoms with van der Waals surface area (Å²) < 4.78 is 0. The molecule has 1 aromatic carbocycles. The molecule has 1 N–H and O–H groups in total. The van der Waals surface area contributed by atoms with E-state index in [9.17, 15) is 0 Å². The van der Waals surface area contributed by atoms with Gasteiger partial charge in [0.15, 0.2) is 0 Å². The Balaban J connectivity index is 2.95. The third-order valence-electron chi connectivity index (χ3n) is 4.00. The predicted molar refractivity (Wildman–Crippen MR) is 79.8 cm³/mol. The van der Waals surface area contributed by atoms with Gasteiger partial charge in [-0.2, -0.15) is 0 Å². The Bertz CT molecular complexity index is 360. The fraction of sp³-hybridized carbons (Fsp3) is 0.600. The van der Waals surface area contributed by atoms with Crippen LogP contribution in [0, 0.1) is 0 Å². The highest BCUT2D eigenvalue weighted by Crippen LogP contribution is 2.36. The Morgan fingerprint density at radius 3 is 1.76 bits per heavy atom. The van der Waals surface area contributed by atoms with E-state index in [-0.39, 0.29) is 5.54 Å². The van der Waals surface area contributed by atoms with Crippen LogP contribution in [0.5, 0.6) is 0 Å². The Morgan fingerprint density at radius 1 is 0.882 bits per heavy atom. The maximum absolute atomic E-state index is 3.93. The molecule has 0 saturated carbocycles. The van der Waals surface area contributed by atoms with E-state index in [1.807, 2.05) is 0 Å². The maximum atomic E-state index is 3.93. The van der Waals surface area contributed by atoms with Gasteiger partial charge in [-0.25, -0.2) is 0 Å². The van der Waals surface area contributed by atoms with Crippen LogP contribution >= 0.6 is 0 Å². The molecule has 0 radical (unpaired) electrons. The van der Waals surface area contributed by atoms with Gasteiger partial charge >= 0.3 is 0 Å². The van der Waals surface area contributed by atoms with Gasteiger partial charge in [-0.3, -0.25) is 0 Å². The highest BCUT2D eigenvalue weighted by molar-refractivity contribution is 6.77. The van der Waals surface area contributed by atoms with Crippen LogP contribution < -0.4 is 4.98 Å². The van der Waals surface area contributed by atoms with Crippen LogP contribution in [-0.2, 0) is 5.54 Å². The first-order chi connectivity index (χ1) is 7.56. The average molecular weight is 249 g/mol. The second-order valence-corrected chi connectivity index (χ2v) is 12.0. The second kappa shape index (κ2) is 4.58. The van der Waals surface area contributed by atoms with E-state index in [2.05, 4.69) is 83.0 Å². The molecule has 0 aliphatic carbocycles. The summed E-state index contributed by atoms with van der Waals surface area (Å²) in [6.45, 7) is 16.4. The van der Waals surface area contributed by atoms with E-state index in [0.29, 0.717) is 5.04 Å². The lowest BCUT2D eigenvalue weighted by Crippen LogP contribution is -2.58. The average Bonchev–Trinajstić information content (AvgIpc) is 2.15. The zero-order chi connectivity index (χ0) is 13.3. The summed E-state index contributed by atoms with van der Waals surface area (Å²) in [5.41, 5.74) is 1.41. The number of rotatable bonds is 3. The van der Waals surface area contributed by atoms with Crippen molar-refractivity contribution in [3.8, 4) is 0 Å². The van der Waals surface area contributed by atoms with Crippen molar-refractivity contribution in [2.24, 2.45) is 0 Å². The standard InChI is InChI=1S/C15H27NSi/c1-14(2,3)17(6,7)16-15(4,5)13-11-9-8-10-12-13/h8-12,16H,1-7H3. The Morgan fingerprint density at radius 2 is 1.35 bits per heavy atom. The fourth-order valence-electron chi connectivity index (χ4n) is 1.90. The lowest BCUT2D eigenvalue weighted by atomic mass is 9.96. The van der Waals surface area contributed by atoms with Crippen molar-refractivity contribution < 1.29 is 0 Å². The van der Waals surface area contributed by atoms with Gasteiger partial charge < -0.3 is 4.98 Å². The van der Waals surface area contributed by atoms with E-state index in [4.69, 9.17) is 0 Å². The third-order valence-corrected chi connectivity index (χ3v) is 9.00. The van der Waals surface area contributed by atoms with Crippen molar-refractivity contribution in [2.45, 2.75) is 58.3 Å². The summed E-state index contributed by atoms with van der Waals surface area (Å²) >= 11 is 0. The normalized spacial score (nSPS) is 13.8. The summed E-state index contributed by atoms with van der Waals surface area (Å²) in [5, 5.41) is 0.360. The van der Waals surface area contributed by atoms with Crippen molar-refractivity contribution in [2.75, 3.05) is 0 Å². The molecule has 17 heavy (non-hydrogen) atoms. The van der Waals surface area contributed by atoms with Gasteiger partial charge in [0.2, 0.25) is 0 Å². The van der Waals surface area contributed by atoms with Crippen LogP contribution in [0.2, 0.25) is 18.1 Å². The summed E-state index contributed by atoms with van der Waals surface area (Å²) in [4.78, 5) is 3.93. The van der Waals surface area contributed by atoms with Gasteiger partial charge in [0.05, 0.1) is 0 Å².